The van der Waals surface area contributed by atoms with E-state index in [1.54, 1.807) is 28.0 Å². The number of nitrogens with zero attached hydrogens (tertiary/aromatic N) is 2. The second-order valence-electron chi connectivity index (χ2n) is 7.60. The molecule has 0 bridgehead atoms. The zero-order chi connectivity index (χ0) is 22.6. The van der Waals surface area contributed by atoms with Crippen LogP contribution in [-0.2, 0) is 6.18 Å². The smallest absolute Gasteiger partial charge is 0.377 e. The molecule has 3 amide bonds. The normalized spacial score (nSPS) is 14.2. The van der Waals surface area contributed by atoms with Gasteiger partial charge in [0, 0.05) is 38.6 Å². The Kier molecular flexibility index (Phi) is 6.72. The molecule has 0 radical (unpaired) electrons. The number of carbonyl (C=O) groups is 2. The summed E-state index contributed by atoms with van der Waals surface area (Å²) in [7, 11) is 3.63. The molecule has 6 nitrogen and oxygen atoms in total. The van der Waals surface area contributed by atoms with Crippen LogP contribution >= 0.6 is 0 Å². The van der Waals surface area contributed by atoms with Crippen molar-refractivity contribution in [2.45, 2.75) is 25.4 Å². The van der Waals surface area contributed by atoms with E-state index in [4.69, 9.17) is 0 Å². The number of likely N-dealkylation sites (tertiary alicyclic amines) is 1. The summed E-state index contributed by atoms with van der Waals surface area (Å²) in [5.74, 6) is -0.130. The lowest BCUT2D eigenvalue weighted by atomic mass is 10.1. The third-order valence-electron chi connectivity index (χ3n) is 5.09. The number of alkyl halides is 3. The van der Waals surface area contributed by atoms with Crippen molar-refractivity contribution in [3.63, 3.8) is 0 Å². The van der Waals surface area contributed by atoms with Gasteiger partial charge in [0.15, 0.2) is 0 Å². The number of para-hydroxylation sites is 1. The number of halogens is 3. The molecule has 166 valence electrons. The van der Waals surface area contributed by atoms with Crippen molar-refractivity contribution < 1.29 is 22.8 Å². The summed E-state index contributed by atoms with van der Waals surface area (Å²) in [6.07, 6.45) is -1.61. The molecule has 1 fully saturated rings. The summed E-state index contributed by atoms with van der Waals surface area (Å²) in [6.45, 7) is 1.36. The lowest BCUT2D eigenvalue weighted by Gasteiger charge is -2.28. The van der Waals surface area contributed by atoms with E-state index >= 15 is 0 Å². The SMILES string of the molecule is CN(C)c1ccc(NC(=O)Nc2ccccc2C(F)(F)F)cc1C(=O)N1CCCCC1. The van der Waals surface area contributed by atoms with Crippen molar-refractivity contribution in [1.82, 2.24) is 4.90 Å². The van der Waals surface area contributed by atoms with Crippen LogP contribution in [0.4, 0.5) is 35.0 Å². The van der Waals surface area contributed by atoms with Crippen molar-refractivity contribution in [3.05, 3.63) is 53.6 Å². The van der Waals surface area contributed by atoms with Gasteiger partial charge in [-0.1, -0.05) is 12.1 Å². The van der Waals surface area contributed by atoms with Gasteiger partial charge in [-0.2, -0.15) is 13.2 Å². The van der Waals surface area contributed by atoms with Crippen LogP contribution in [0.3, 0.4) is 0 Å². The summed E-state index contributed by atoms with van der Waals surface area (Å²) in [5, 5.41) is 4.77. The molecule has 9 heteroatoms. The Hall–Kier alpha value is -3.23. The minimum atomic E-state index is -4.59. The molecule has 0 atom stereocenters. The zero-order valence-electron chi connectivity index (χ0n) is 17.4. The molecule has 0 aliphatic carbocycles. The summed E-state index contributed by atoms with van der Waals surface area (Å²) in [5.41, 5.74) is 0.161. The van der Waals surface area contributed by atoms with Crippen molar-refractivity contribution in [3.8, 4) is 0 Å². The maximum atomic E-state index is 13.1. The Bertz CT molecular complexity index is 954. The Balaban J connectivity index is 1.81. The highest BCUT2D eigenvalue weighted by Gasteiger charge is 2.33. The fraction of sp³-hybridized carbons (Fsp3) is 0.364. The number of hydrogen-bond donors (Lipinski definition) is 2. The van der Waals surface area contributed by atoms with Crippen LogP contribution in [0.15, 0.2) is 42.5 Å². The van der Waals surface area contributed by atoms with Crippen molar-refractivity contribution >= 4 is 29.0 Å². The van der Waals surface area contributed by atoms with E-state index in [-0.39, 0.29) is 11.6 Å². The molecule has 0 spiro atoms. The number of nitrogens with one attached hydrogen (secondary N) is 2. The average molecular weight is 434 g/mol. The van der Waals surface area contributed by atoms with E-state index in [2.05, 4.69) is 10.6 Å². The fourth-order valence-corrected chi connectivity index (χ4v) is 3.57. The molecule has 2 aromatic carbocycles. The number of anilines is 3. The van der Waals surface area contributed by atoms with E-state index in [0.29, 0.717) is 30.0 Å². The molecular weight excluding hydrogens is 409 g/mol. The van der Waals surface area contributed by atoms with Gasteiger partial charge in [0.05, 0.1) is 16.8 Å². The fourth-order valence-electron chi connectivity index (χ4n) is 3.57. The second-order valence-corrected chi connectivity index (χ2v) is 7.60. The highest BCUT2D eigenvalue weighted by atomic mass is 19.4. The minimum absolute atomic E-state index is 0.130. The first-order valence-corrected chi connectivity index (χ1v) is 10.0. The predicted molar refractivity (Wildman–Crippen MR) is 115 cm³/mol. The molecule has 31 heavy (non-hydrogen) atoms. The number of amides is 3. The topological polar surface area (TPSA) is 64.7 Å². The third-order valence-corrected chi connectivity index (χ3v) is 5.09. The van der Waals surface area contributed by atoms with E-state index in [9.17, 15) is 22.8 Å². The molecule has 3 rings (SSSR count). The number of urea groups is 1. The molecule has 1 heterocycles. The van der Waals surface area contributed by atoms with Crippen molar-refractivity contribution in [1.29, 1.82) is 0 Å². The third kappa shape index (κ3) is 5.48. The van der Waals surface area contributed by atoms with Gasteiger partial charge < -0.3 is 20.4 Å². The molecule has 1 aliphatic rings. The van der Waals surface area contributed by atoms with Gasteiger partial charge in [0.2, 0.25) is 0 Å². The van der Waals surface area contributed by atoms with Gasteiger partial charge in [-0.3, -0.25) is 4.79 Å². The van der Waals surface area contributed by atoms with Gasteiger partial charge in [0.25, 0.3) is 5.91 Å². The van der Waals surface area contributed by atoms with Gasteiger partial charge in [-0.05, 0) is 49.6 Å². The van der Waals surface area contributed by atoms with Gasteiger partial charge in [-0.15, -0.1) is 0 Å². The van der Waals surface area contributed by atoms with Crippen LogP contribution in [0.5, 0.6) is 0 Å². The maximum Gasteiger partial charge on any atom is 0.418 e. The molecular formula is C22H25F3N4O2. The van der Waals surface area contributed by atoms with Crippen LogP contribution in [0.2, 0.25) is 0 Å². The number of piperidine rings is 1. The van der Waals surface area contributed by atoms with Crippen LogP contribution < -0.4 is 15.5 Å². The number of carbonyl (C=O) groups excluding carboxylic acids is 2. The lowest BCUT2D eigenvalue weighted by Crippen LogP contribution is -2.36. The summed E-state index contributed by atoms with van der Waals surface area (Å²) < 4.78 is 39.4. The zero-order valence-corrected chi connectivity index (χ0v) is 17.4. The molecule has 0 aromatic heterocycles. The van der Waals surface area contributed by atoms with E-state index in [1.807, 2.05) is 14.1 Å². The predicted octanol–water partition coefficient (Wildman–Crippen LogP) is 5.04. The van der Waals surface area contributed by atoms with Crippen LogP contribution in [0.25, 0.3) is 0 Å². The summed E-state index contributed by atoms with van der Waals surface area (Å²) in [6, 6.07) is 8.79. The largest absolute Gasteiger partial charge is 0.418 e. The molecule has 0 unspecified atom stereocenters. The van der Waals surface area contributed by atoms with E-state index in [1.165, 1.54) is 18.2 Å². The molecule has 2 N–H and O–H groups in total. The van der Waals surface area contributed by atoms with Crippen molar-refractivity contribution in [2.75, 3.05) is 42.7 Å². The average Bonchev–Trinajstić information content (AvgIpc) is 2.73. The van der Waals surface area contributed by atoms with Gasteiger partial charge >= 0.3 is 12.2 Å². The monoisotopic (exact) mass is 434 g/mol. The van der Waals surface area contributed by atoms with E-state index in [0.717, 1.165) is 25.3 Å². The first kappa shape index (κ1) is 22.5. The number of benzene rings is 2. The van der Waals surface area contributed by atoms with E-state index < -0.39 is 17.8 Å². The number of hydrogen-bond acceptors (Lipinski definition) is 3. The second kappa shape index (κ2) is 9.28. The molecule has 1 saturated heterocycles. The highest BCUT2D eigenvalue weighted by molar-refractivity contribution is 6.04. The van der Waals surface area contributed by atoms with Crippen LogP contribution in [0.1, 0.15) is 35.2 Å². The number of rotatable bonds is 4. The Labute approximate surface area is 179 Å². The highest BCUT2D eigenvalue weighted by Crippen LogP contribution is 2.34. The molecule has 1 aliphatic heterocycles. The molecule has 0 saturated carbocycles. The Morgan fingerprint density at radius 3 is 2.29 bits per heavy atom. The first-order valence-electron chi connectivity index (χ1n) is 10.0. The Morgan fingerprint density at radius 1 is 0.968 bits per heavy atom. The quantitative estimate of drug-likeness (QED) is 0.709. The minimum Gasteiger partial charge on any atom is -0.377 e. The van der Waals surface area contributed by atoms with Crippen LogP contribution in [0, 0.1) is 0 Å². The van der Waals surface area contributed by atoms with Gasteiger partial charge in [0.1, 0.15) is 0 Å². The summed E-state index contributed by atoms with van der Waals surface area (Å²) >= 11 is 0. The van der Waals surface area contributed by atoms with Crippen LogP contribution in [-0.4, -0.2) is 44.0 Å². The maximum absolute atomic E-state index is 13.1. The summed E-state index contributed by atoms with van der Waals surface area (Å²) in [4.78, 5) is 29.0. The van der Waals surface area contributed by atoms with Crippen molar-refractivity contribution in [2.24, 2.45) is 0 Å². The first-order chi connectivity index (χ1) is 14.7. The molecule has 2 aromatic rings. The lowest BCUT2D eigenvalue weighted by molar-refractivity contribution is -0.136. The van der Waals surface area contributed by atoms with Gasteiger partial charge in [-0.25, -0.2) is 4.79 Å². The standard InChI is InChI=1S/C22H25F3N4O2/c1-28(2)19-11-10-15(14-16(19)20(30)29-12-6-3-7-13-29)26-21(31)27-18-9-5-4-8-17(18)22(23,24)25/h4-5,8-11,14H,3,6-7,12-13H2,1-2H3,(H2,26,27,31). The Morgan fingerprint density at radius 2 is 1.65 bits per heavy atom.